The molecular weight excluding hydrogens is 438 g/mol. The number of rotatable bonds is 5. The minimum Gasteiger partial charge on any atom is -0.493 e. The molecule has 0 spiro atoms. The number of ether oxygens (including phenoxy) is 2. The third kappa shape index (κ3) is 3.72. The number of allylic oxidation sites excluding steroid dienone is 2. The van der Waals surface area contributed by atoms with Gasteiger partial charge in [-0.15, -0.1) is 16.9 Å². The third-order valence-corrected chi connectivity index (χ3v) is 6.99. The molecule has 0 amide bonds. The van der Waals surface area contributed by atoms with Gasteiger partial charge in [0.05, 0.1) is 14.2 Å². The van der Waals surface area contributed by atoms with E-state index in [-0.39, 0.29) is 23.7 Å². The Morgan fingerprint density at radius 3 is 2.48 bits per heavy atom. The first-order chi connectivity index (χ1) is 16.0. The van der Waals surface area contributed by atoms with Gasteiger partial charge < -0.3 is 20.5 Å². The SMILES string of the molecule is COc1ccc([C@H]2CC(=O)C3=C(C2)Nc2nc(N)nn2[C@@H]3c2ccc(SC)cc2)cc1OC. The Hall–Kier alpha value is -3.46. The first-order valence-electron chi connectivity index (χ1n) is 10.6. The Morgan fingerprint density at radius 1 is 1.06 bits per heavy atom. The number of nitrogens with zero attached hydrogens (tertiary/aromatic N) is 3. The van der Waals surface area contributed by atoms with Gasteiger partial charge in [0, 0.05) is 22.6 Å². The second-order valence-corrected chi connectivity index (χ2v) is 8.95. The highest BCUT2D eigenvalue weighted by Crippen LogP contribution is 2.45. The molecule has 0 saturated carbocycles. The molecule has 8 nitrogen and oxygen atoms in total. The number of aromatic nitrogens is 3. The van der Waals surface area contributed by atoms with E-state index >= 15 is 0 Å². The lowest BCUT2D eigenvalue weighted by molar-refractivity contribution is -0.116. The number of carbonyl (C=O) groups is 1. The zero-order chi connectivity index (χ0) is 23.1. The molecule has 0 bridgehead atoms. The number of hydrogen-bond donors (Lipinski definition) is 2. The zero-order valence-corrected chi connectivity index (χ0v) is 19.5. The third-order valence-electron chi connectivity index (χ3n) is 6.25. The number of nitrogens with one attached hydrogen (secondary N) is 1. The smallest absolute Gasteiger partial charge is 0.241 e. The number of hydrogen-bond acceptors (Lipinski definition) is 8. The number of benzene rings is 2. The van der Waals surface area contributed by atoms with E-state index in [4.69, 9.17) is 15.2 Å². The van der Waals surface area contributed by atoms with Crippen LogP contribution in [-0.2, 0) is 4.79 Å². The predicted molar refractivity (Wildman–Crippen MR) is 128 cm³/mol. The molecule has 5 rings (SSSR count). The molecule has 0 saturated heterocycles. The molecule has 1 aromatic heterocycles. The van der Waals surface area contributed by atoms with E-state index in [1.807, 2.05) is 36.6 Å². The fourth-order valence-electron chi connectivity index (χ4n) is 4.67. The number of methoxy groups -OCH3 is 2. The van der Waals surface area contributed by atoms with Gasteiger partial charge in [0.1, 0.15) is 6.04 Å². The van der Waals surface area contributed by atoms with Crippen molar-refractivity contribution in [3.05, 3.63) is 64.9 Å². The average Bonchev–Trinajstić information content (AvgIpc) is 3.21. The van der Waals surface area contributed by atoms with Crippen molar-refractivity contribution in [3.63, 3.8) is 0 Å². The van der Waals surface area contributed by atoms with Crippen LogP contribution in [0.4, 0.5) is 11.9 Å². The topological polar surface area (TPSA) is 104 Å². The monoisotopic (exact) mass is 463 g/mol. The lowest BCUT2D eigenvalue weighted by Gasteiger charge is -2.35. The van der Waals surface area contributed by atoms with Crippen LogP contribution < -0.4 is 20.5 Å². The molecule has 2 aliphatic rings. The van der Waals surface area contributed by atoms with E-state index in [0.29, 0.717) is 30.3 Å². The second kappa shape index (κ2) is 8.47. The zero-order valence-electron chi connectivity index (χ0n) is 18.7. The maximum absolute atomic E-state index is 13.6. The summed E-state index contributed by atoms with van der Waals surface area (Å²) < 4.78 is 12.6. The quantitative estimate of drug-likeness (QED) is 0.547. The highest BCUT2D eigenvalue weighted by atomic mass is 32.2. The largest absolute Gasteiger partial charge is 0.493 e. The van der Waals surface area contributed by atoms with Crippen molar-refractivity contribution in [3.8, 4) is 11.5 Å². The summed E-state index contributed by atoms with van der Waals surface area (Å²) in [6.45, 7) is 0. The van der Waals surface area contributed by atoms with Crippen LogP contribution in [0, 0.1) is 0 Å². The van der Waals surface area contributed by atoms with Gasteiger partial charge in [-0.2, -0.15) is 4.98 Å². The lowest BCUT2D eigenvalue weighted by Crippen LogP contribution is -2.33. The van der Waals surface area contributed by atoms with Gasteiger partial charge in [0.15, 0.2) is 17.3 Å². The maximum atomic E-state index is 13.6. The van der Waals surface area contributed by atoms with Gasteiger partial charge >= 0.3 is 0 Å². The van der Waals surface area contributed by atoms with Crippen LogP contribution in [0.25, 0.3) is 0 Å². The molecule has 0 unspecified atom stereocenters. The number of thioether (sulfide) groups is 1. The number of nitrogens with two attached hydrogens (primary N) is 1. The molecule has 33 heavy (non-hydrogen) atoms. The normalized spacial score (nSPS) is 19.5. The van der Waals surface area contributed by atoms with E-state index < -0.39 is 0 Å². The van der Waals surface area contributed by atoms with Crippen molar-refractivity contribution < 1.29 is 14.3 Å². The number of ketones is 1. The van der Waals surface area contributed by atoms with Gasteiger partial charge in [-0.25, -0.2) is 4.68 Å². The van der Waals surface area contributed by atoms with Crippen molar-refractivity contribution in [2.75, 3.05) is 31.5 Å². The highest BCUT2D eigenvalue weighted by Gasteiger charge is 2.39. The molecule has 170 valence electrons. The van der Waals surface area contributed by atoms with Crippen LogP contribution in [-0.4, -0.2) is 41.0 Å². The van der Waals surface area contributed by atoms with Gasteiger partial charge in [-0.05, 0) is 54.0 Å². The summed E-state index contributed by atoms with van der Waals surface area (Å²) in [5, 5.41) is 7.73. The fourth-order valence-corrected chi connectivity index (χ4v) is 5.07. The minimum absolute atomic E-state index is 0.00916. The van der Waals surface area contributed by atoms with Crippen LogP contribution in [0.1, 0.15) is 35.9 Å². The minimum atomic E-state index is -0.365. The van der Waals surface area contributed by atoms with Crippen molar-refractivity contribution >= 4 is 29.4 Å². The Labute approximate surface area is 196 Å². The molecular formula is C24H25N5O3S. The van der Waals surface area contributed by atoms with Crippen molar-refractivity contribution in [1.82, 2.24) is 14.8 Å². The standard InChI is InChI=1S/C24H25N5O3S/c1-31-19-9-6-14(12-20(19)32-2)15-10-17-21(18(30)11-15)22(13-4-7-16(33-3)8-5-13)29-24(26-17)27-23(25)28-29/h4-9,12,15,22H,10-11H2,1-3H3,(H3,25,26,27,28)/t15-,22-/m1/s1. The molecule has 3 N–H and O–H groups in total. The molecule has 2 atom stereocenters. The Morgan fingerprint density at radius 2 is 1.79 bits per heavy atom. The summed E-state index contributed by atoms with van der Waals surface area (Å²) in [6.07, 6.45) is 3.10. The summed E-state index contributed by atoms with van der Waals surface area (Å²) in [7, 11) is 3.22. The number of carbonyl (C=O) groups excluding carboxylic acids is 1. The summed E-state index contributed by atoms with van der Waals surface area (Å²) in [6, 6.07) is 13.7. The molecule has 9 heteroatoms. The van der Waals surface area contributed by atoms with E-state index in [0.717, 1.165) is 27.3 Å². The molecule has 2 heterocycles. The van der Waals surface area contributed by atoms with E-state index in [1.165, 1.54) is 0 Å². The summed E-state index contributed by atoms with van der Waals surface area (Å²) in [5.74, 6) is 2.13. The number of nitrogen functional groups attached to an aromatic ring is 1. The first-order valence-corrected chi connectivity index (χ1v) is 11.9. The Kier molecular flexibility index (Phi) is 5.49. The van der Waals surface area contributed by atoms with Gasteiger partial charge in [0.25, 0.3) is 0 Å². The van der Waals surface area contributed by atoms with E-state index in [1.54, 1.807) is 30.7 Å². The van der Waals surface area contributed by atoms with E-state index in [2.05, 4.69) is 27.5 Å². The van der Waals surface area contributed by atoms with Gasteiger partial charge in [-0.3, -0.25) is 4.79 Å². The molecule has 2 aromatic carbocycles. The van der Waals surface area contributed by atoms with Gasteiger partial charge in [-0.1, -0.05) is 18.2 Å². The van der Waals surface area contributed by atoms with Gasteiger partial charge in [0.2, 0.25) is 11.9 Å². The van der Waals surface area contributed by atoms with E-state index in [9.17, 15) is 4.79 Å². The van der Waals surface area contributed by atoms with Crippen molar-refractivity contribution in [1.29, 1.82) is 0 Å². The highest BCUT2D eigenvalue weighted by molar-refractivity contribution is 7.98. The number of fused-ring (bicyclic) bond motifs is 1. The Balaban J connectivity index is 1.56. The summed E-state index contributed by atoms with van der Waals surface area (Å²) >= 11 is 1.68. The average molecular weight is 464 g/mol. The molecule has 0 radical (unpaired) electrons. The summed E-state index contributed by atoms with van der Waals surface area (Å²) in [5.41, 5.74) is 9.53. The fraction of sp³-hybridized carbons (Fsp3) is 0.292. The van der Waals surface area contributed by atoms with Crippen LogP contribution >= 0.6 is 11.8 Å². The predicted octanol–water partition coefficient (Wildman–Crippen LogP) is 4.02. The van der Waals surface area contributed by atoms with Crippen molar-refractivity contribution in [2.45, 2.75) is 29.7 Å². The first kappa shape index (κ1) is 21.4. The van der Waals surface area contributed by atoms with Crippen LogP contribution in [0.3, 0.4) is 0 Å². The van der Waals surface area contributed by atoms with Crippen LogP contribution in [0.2, 0.25) is 0 Å². The Bertz CT molecular complexity index is 1250. The summed E-state index contributed by atoms with van der Waals surface area (Å²) in [4.78, 5) is 19.1. The molecule has 1 aliphatic carbocycles. The number of Topliss-reactive ketones (excluding diaryl/α,β-unsaturated/α-hetero) is 1. The second-order valence-electron chi connectivity index (χ2n) is 8.07. The molecule has 0 fully saturated rings. The van der Waals surface area contributed by atoms with Crippen LogP contribution in [0.5, 0.6) is 11.5 Å². The van der Waals surface area contributed by atoms with Crippen LogP contribution in [0.15, 0.2) is 58.6 Å². The molecule has 1 aliphatic heterocycles. The maximum Gasteiger partial charge on any atom is 0.241 e. The van der Waals surface area contributed by atoms with Crippen molar-refractivity contribution in [2.24, 2.45) is 0 Å². The number of anilines is 2. The lowest BCUT2D eigenvalue weighted by atomic mass is 9.78. The molecule has 3 aromatic rings.